The molecule has 0 aromatic rings. The lowest BCUT2D eigenvalue weighted by atomic mass is 10.2. The zero-order valence-corrected chi connectivity index (χ0v) is 7.56. The van der Waals surface area contributed by atoms with Crippen molar-refractivity contribution in [3.63, 3.8) is 0 Å². The first-order valence-electron chi connectivity index (χ1n) is 3.59. The van der Waals surface area contributed by atoms with Crippen LogP contribution in [0.25, 0.3) is 0 Å². The summed E-state index contributed by atoms with van der Waals surface area (Å²) >= 11 is 5.45. The molecule has 0 rings (SSSR count). The van der Waals surface area contributed by atoms with Crippen LogP contribution in [0.4, 0.5) is 0 Å². The van der Waals surface area contributed by atoms with E-state index in [1.807, 2.05) is 0 Å². The Morgan fingerprint density at radius 1 is 1.64 bits per heavy atom. The van der Waals surface area contributed by atoms with E-state index in [2.05, 4.69) is 5.32 Å². The summed E-state index contributed by atoms with van der Waals surface area (Å²) in [7, 11) is 0. The van der Waals surface area contributed by atoms with Crippen LogP contribution in [0.1, 0.15) is 13.8 Å². The lowest BCUT2D eigenvalue weighted by Crippen LogP contribution is -2.38. The summed E-state index contributed by atoms with van der Waals surface area (Å²) in [5, 5.41) is 11.2. The molecule has 0 saturated carbocycles. The maximum atomic E-state index is 11.0. The molecule has 0 aromatic carbocycles. The Balaban J connectivity index is 3.68. The topological polar surface area (TPSA) is 49.3 Å². The number of carbonyl (C=O) groups excluding carboxylic acids is 1. The third-order valence-corrected chi connectivity index (χ3v) is 1.80. The van der Waals surface area contributed by atoms with E-state index in [-0.39, 0.29) is 24.5 Å². The summed E-state index contributed by atoms with van der Waals surface area (Å²) in [5.41, 5.74) is 0. The van der Waals surface area contributed by atoms with Crippen molar-refractivity contribution >= 4 is 17.5 Å². The van der Waals surface area contributed by atoms with Gasteiger partial charge in [0.05, 0.1) is 6.61 Å². The molecular weight excluding hydrogens is 166 g/mol. The number of aliphatic hydroxyl groups excluding tert-OH is 1. The van der Waals surface area contributed by atoms with Gasteiger partial charge >= 0.3 is 0 Å². The van der Waals surface area contributed by atoms with Crippen molar-refractivity contribution in [2.45, 2.75) is 19.9 Å². The zero-order valence-electron chi connectivity index (χ0n) is 6.80. The highest BCUT2D eigenvalue weighted by atomic mass is 35.5. The molecule has 0 fully saturated rings. The van der Waals surface area contributed by atoms with E-state index in [0.29, 0.717) is 5.88 Å². The van der Waals surface area contributed by atoms with Gasteiger partial charge in [-0.3, -0.25) is 4.79 Å². The van der Waals surface area contributed by atoms with Gasteiger partial charge in [-0.1, -0.05) is 6.92 Å². The van der Waals surface area contributed by atoms with Gasteiger partial charge in [0, 0.05) is 17.8 Å². The van der Waals surface area contributed by atoms with Gasteiger partial charge in [0.15, 0.2) is 0 Å². The Bertz CT molecular complexity index is 130. The van der Waals surface area contributed by atoms with E-state index in [1.165, 1.54) is 0 Å². The quantitative estimate of drug-likeness (QED) is 0.613. The van der Waals surface area contributed by atoms with Crippen molar-refractivity contribution in [2.75, 3.05) is 12.5 Å². The second-order valence-corrected chi connectivity index (χ2v) is 2.96. The molecule has 0 aliphatic rings. The number of carbonyl (C=O) groups is 1. The van der Waals surface area contributed by atoms with Crippen molar-refractivity contribution in [1.29, 1.82) is 0 Å². The smallest absolute Gasteiger partial charge is 0.224 e. The van der Waals surface area contributed by atoms with Gasteiger partial charge in [0.25, 0.3) is 0 Å². The van der Waals surface area contributed by atoms with E-state index in [1.54, 1.807) is 13.8 Å². The average Bonchev–Trinajstić information content (AvgIpc) is 2.02. The van der Waals surface area contributed by atoms with Gasteiger partial charge in [-0.25, -0.2) is 0 Å². The average molecular weight is 180 g/mol. The van der Waals surface area contributed by atoms with Crippen molar-refractivity contribution in [3.8, 4) is 0 Å². The lowest BCUT2D eigenvalue weighted by molar-refractivity contribution is -0.124. The number of aliphatic hydroxyl groups is 1. The van der Waals surface area contributed by atoms with E-state index >= 15 is 0 Å². The van der Waals surface area contributed by atoms with Gasteiger partial charge < -0.3 is 10.4 Å². The van der Waals surface area contributed by atoms with Crippen LogP contribution in [0.2, 0.25) is 0 Å². The summed E-state index contributed by atoms with van der Waals surface area (Å²) in [6.45, 7) is 3.44. The molecule has 66 valence electrons. The normalized spacial score (nSPS) is 15.6. The Kier molecular flexibility index (Phi) is 5.24. The number of rotatable bonds is 4. The second-order valence-electron chi connectivity index (χ2n) is 2.65. The van der Waals surface area contributed by atoms with E-state index in [0.717, 1.165) is 0 Å². The maximum absolute atomic E-state index is 11.0. The minimum absolute atomic E-state index is 0.0409. The highest BCUT2D eigenvalue weighted by molar-refractivity contribution is 6.19. The van der Waals surface area contributed by atoms with E-state index in [4.69, 9.17) is 16.7 Å². The third-order valence-electron chi connectivity index (χ3n) is 1.34. The van der Waals surface area contributed by atoms with Crippen molar-refractivity contribution in [1.82, 2.24) is 5.32 Å². The molecule has 0 saturated heterocycles. The van der Waals surface area contributed by atoms with Crippen molar-refractivity contribution in [2.24, 2.45) is 5.92 Å². The van der Waals surface area contributed by atoms with E-state index in [9.17, 15) is 4.79 Å². The Morgan fingerprint density at radius 3 is 2.55 bits per heavy atom. The molecule has 2 atom stereocenters. The standard InChI is InChI=1S/C7H14ClNO2/c1-5(3-8)7(11)9-6(2)4-10/h5-6,10H,3-4H2,1-2H3,(H,9,11)/t5?,6-/m1/s1. The highest BCUT2D eigenvalue weighted by Crippen LogP contribution is 1.97. The Hall–Kier alpha value is -0.280. The molecule has 11 heavy (non-hydrogen) atoms. The summed E-state index contributed by atoms with van der Waals surface area (Å²) in [6, 6.07) is -0.187. The van der Waals surface area contributed by atoms with Gasteiger partial charge in [0.2, 0.25) is 5.91 Å². The highest BCUT2D eigenvalue weighted by Gasteiger charge is 2.12. The van der Waals surface area contributed by atoms with Crippen molar-refractivity contribution < 1.29 is 9.90 Å². The van der Waals surface area contributed by atoms with Gasteiger partial charge in [0.1, 0.15) is 0 Å². The zero-order chi connectivity index (χ0) is 8.85. The minimum atomic E-state index is -0.189. The molecule has 0 aromatic heterocycles. The first-order chi connectivity index (χ1) is 5.11. The van der Waals surface area contributed by atoms with Crippen LogP contribution in [0, 0.1) is 5.92 Å². The van der Waals surface area contributed by atoms with Crippen molar-refractivity contribution in [3.05, 3.63) is 0 Å². The van der Waals surface area contributed by atoms with Crippen LogP contribution in [0.5, 0.6) is 0 Å². The van der Waals surface area contributed by atoms with Crippen LogP contribution >= 0.6 is 11.6 Å². The fraction of sp³-hybridized carbons (Fsp3) is 0.857. The molecule has 1 amide bonds. The molecule has 0 aliphatic carbocycles. The minimum Gasteiger partial charge on any atom is -0.394 e. The second kappa shape index (κ2) is 5.38. The van der Waals surface area contributed by atoms with Gasteiger partial charge in [-0.15, -0.1) is 11.6 Å². The number of amides is 1. The summed E-state index contributed by atoms with van der Waals surface area (Å²) in [5.74, 6) is 0.0106. The number of alkyl halides is 1. The first-order valence-corrected chi connectivity index (χ1v) is 4.12. The fourth-order valence-corrected chi connectivity index (χ4v) is 0.641. The molecule has 0 radical (unpaired) electrons. The third kappa shape index (κ3) is 4.22. The fourth-order valence-electron chi connectivity index (χ4n) is 0.501. The van der Waals surface area contributed by atoms with Gasteiger partial charge in [-0.05, 0) is 6.92 Å². The monoisotopic (exact) mass is 179 g/mol. The molecule has 0 spiro atoms. The largest absolute Gasteiger partial charge is 0.394 e. The first kappa shape index (κ1) is 10.7. The molecule has 0 aliphatic heterocycles. The molecule has 0 heterocycles. The number of halogens is 1. The summed E-state index contributed by atoms with van der Waals surface area (Å²) < 4.78 is 0. The number of nitrogens with one attached hydrogen (secondary N) is 1. The van der Waals surface area contributed by atoms with Crippen LogP contribution in [-0.4, -0.2) is 29.5 Å². The van der Waals surface area contributed by atoms with E-state index < -0.39 is 0 Å². The summed E-state index contributed by atoms with van der Waals surface area (Å²) in [4.78, 5) is 11.0. The molecule has 0 bridgehead atoms. The molecule has 4 heteroatoms. The molecule has 2 N–H and O–H groups in total. The van der Waals surface area contributed by atoms with Crippen LogP contribution < -0.4 is 5.32 Å². The van der Waals surface area contributed by atoms with Crippen LogP contribution in [0.15, 0.2) is 0 Å². The molecular formula is C7H14ClNO2. The molecule has 3 nitrogen and oxygen atoms in total. The number of hydrogen-bond acceptors (Lipinski definition) is 2. The number of hydrogen-bond donors (Lipinski definition) is 2. The predicted octanol–water partition coefficient (Wildman–Crippen LogP) is 0.358. The lowest BCUT2D eigenvalue weighted by Gasteiger charge is -2.13. The Morgan fingerprint density at radius 2 is 2.18 bits per heavy atom. The molecule has 1 unspecified atom stereocenters. The summed E-state index contributed by atoms with van der Waals surface area (Å²) in [6.07, 6.45) is 0. The maximum Gasteiger partial charge on any atom is 0.224 e. The van der Waals surface area contributed by atoms with Gasteiger partial charge in [-0.2, -0.15) is 0 Å². The van der Waals surface area contributed by atoms with Crippen LogP contribution in [-0.2, 0) is 4.79 Å². The predicted molar refractivity (Wildman–Crippen MR) is 44.6 cm³/mol. The Labute approximate surface area is 71.7 Å². The SMILES string of the molecule is CC(CCl)C(=O)N[C@H](C)CO. The van der Waals surface area contributed by atoms with Crippen LogP contribution in [0.3, 0.4) is 0 Å².